The average Bonchev–Trinajstić information content (AvgIpc) is 3.20. The van der Waals surface area contributed by atoms with Crippen molar-refractivity contribution in [1.82, 2.24) is 4.57 Å². The average molecular weight is 336 g/mol. The molecular weight excluding hydrogens is 320 g/mol. The third-order valence-corrected chi connectivity index (χ3v) is 5.58. The van der Waals surface area contributed by atoms with Gasteiger partial charge in [0.05, 0.1) is 16.9 Å². The predicted octanol–water partition coefficient (Wildman–Crippen LogP) is 2.69. The van der Waals surface area contributed by atoms with E-state index < -0.39 is 0 Å². The molecule has 0 aliphatic carbocycles. The molecule has 2 aromatic heterocycles. The lowest BCUT2D eigenvalue weighted by Crippen LogP contribution is -3.09. The lowest BCUT2D eigenvalue weighted by Gasteiger charge is -2.20. The number of hydrogen-bond acceptors (Lipinski definition) is 3. The minimum atomic E-state index is -0.304. The largest absolute Gasteiger partial charge is 0.424 e. The van der Waals surface area contributed by atoms with Crippen LogP contribution in [-0.4, -0.2) is 11.1 Å². The van der Waals surface area contributed by atoms with Crippen LogP contribution in [0.4, 0.5) is 0 Å². The summed E-state index contributed by atoms with van der Waals surface area (Å²) in [7, 11) is 0. The first-order chi connectivity index (χ1) is 10.7. The van der Waals surface area contributed by atoms with Crippen molar-refractivity contribution in [3.8, 4) is 0 Å². The Labute approximate surface area is 136 Å². The van der Waals surface area contributed by atoms with E-state index in [2.05, 4.69) is 17.5 Å². The van der Waals surface area contributed by atoms with Gasteiger partial charge in [0.15, 0.2) is 12.3 Å². The fourth-order valence-corrected chi connectivity index (χ4v) is 4.41. The van der Waals surface area contributed by atoms with E-state index in [1.165, 1.54) is 22.6 Å². The minimum absolute atomic E-state index is 0.304. The van der Waals surface area contributed by atoms with Crippen LogP contribution in [0.25, 0.3) is 11.1 Å². The van der Waals surface area contributed by atoms with E-state index in [0.29, 0.717) is 23.3 Å². The number of quaternary nitrogens is 1. The summed E-state index contributed by atoms with van der Waals surface area (Å²) in [5.74, 6) is -0.304. The van der Waals surface area contributed by atoms with Crippen molar-refractivity contribution in [1.29, 1.82) is 0 Å². The number of halogens is 1. The topological polar surface area (TPSA) is 39.6 Å². The highest BCUT2D eigenvalue weighted by Gasteiger charge is 2.31. The van der Waals surface area contributed by atoms with Crippen LogP contribution in [-0.2, 0) is 6.67 Å². The van der Waals surface area contributed by atoms with E-state index in [1.54, 1.807) is 28.0 Å². The van der Waals surface area contributed by atoms with Crippen LogP contribution in [0, 0.1) is 0 Å². The van der Waals surface area contributed by atoms with Gasteiger partial charge in [0.1, 0.15) is 6.04 Å². The molecule has 1 unspecified atom stereocenters. The number of benzene rings is 1. The highest BCUT2D eigenvalue weighted by molar-refractivity contribution is 7.10. The van der Waals surface area contributed by atoms with Crippen LogP contribution in [0.1, 0.15) is 23.8 Å². The second kappa shape index (κ2) is 5.57. The molecule has 1 N–H and O–H groups in total. The van der Waals surface area contributed by atoms with Crippen molar-refractivity contribution < 1.29 is 9.32 Å². The van der Waals surface area contributed by atoms with Gasteiger partial charge in [-0.15, -0.1) is 11.3 Å². The van der Waals surface area contributed by atoms with Gasteiger partial charge in [-0.1, -0.05) is 17.7 Å². The number of hydrogen-bond donors (Lipinski definition) is 1. The normalized spacial score (nSPS) is 21.7. The molecule has 1 aromatic carbocycles. The summed E-state index contributed by atoms with van der Waals surface area (Å²) in [6.07, 6.45) is 2.36. The van der Waals surface area contributed by atoms with Gasteiger partial charge in [0.25, 0.3) is 0 Å². The lowest BCUT2D eigenvalue weighted by atomic mass is 10.2. The van der Waals surface area contributed by atoms with Crippen molar-refractivity contribution in [2.45, 2.75) is 25.6 Å². The molecule has 0 amide bonds. The summed E-state index contributed by atoms with van der Waals surface area (Å²) in [6, 6.07) is 10.1. The van der Waals surface area contributed by atoms with Crippen molar-refractivity contribution >= 4 is 34.0 Å². The molecule has 6 heteroatoms. The molecule has 4 nitrogen and oxygen atoms in total. The number of fused-ring (bicyclic) bond motifs is 1. The fourth-order valence-electron chi connectivity index (χ4n) is 3.33. The molecule has 4 rings (SSSR count). The van der Waals surface area contributed by atoms with Crippen LogP contribution >= 0.6 is 22.9 Å². The molecule has 114 valence electrons. The van der Waals surface area contributed by atoms with Gasteiger partial charge < -0.3 is 9.32 Å². The Bertz CT molecular complexity index is 853. The van der Waals surface area contributed by atoms with E-state index in [1.807, 2.05) is 6.07 Å². The molecule has 3 heterocycles. The number of oxazole rings is 1. The Balaban J connectivity index is 1.68. The molecule has 0 spiro atoms. The number of thiophene rings is 1. The fraction of sp³-hybridized carbons (Fsp3) is 0.312. The van der Waals surface area contributed by atoms with E-state index in [4.69, 9.17) is 16.0 Å². The van der Waals surface area contributed by atoms with Crippen LogP contribution in [0.15, 0.2) is 44.9 Å². The molecular formula is C16H16ClN2O2S+. The number of likely N-dealkylation sites (tertiary alicyclic amines) is 1. The Kier molecular flexibility index (Phi) is 3.56. The second-order valence-electron chi connectivity index (χ2n) is 5.68. The van der Waals surface area contributed by atoms with Gasteiger partial charge in [-0.3, -0.25) is 0 Å². The summed E-state index contributed by atoms with van der Waals surface area (Å²) in [5, 5.41) is 2.70. The first-order valence-corrected chi connectivity index (χ1v) is 8.65. The van der Waals surface area contributed by atoms with Crippen LogP contribution < -0.4 is 10.7 Å². The number of rotatable bonds is 3. The molecule has 1 fully saturated rings. The van der Waals surface area contributed by atoms with Gasteiger partial charge in [0, 0.05) is 23.9 Å². The number of aromatic nitrogens is 1. The quantitative estimate of drug-likeness (QED) is 0.799. The smallest absolute Gasteiger partial charge is 0.408 e. The van der Waals surface area contributed by atoms with E-state index in [9.17, 15) is 4.79 Å². The van der Waals surface area contributed by atoms with Gasteiger partial charge >= 0.3 is 5.76 Å². The summed E-state index contributed by atoms with van der Waals surface area (Å²) in [5.41, 5.74) is 1.38. The maximum atomic E-state index is 12.2. The Hall–Kier alpha value is -1.56. The number of nitrogens with one attached hydrogen (secondary N) is 1. The standard InChI is InChI=1S/C16H15ClN2O2S/c17-11-5-6-12-14(9-11)21-16(20)19(12)10-18-7-1-3-13(18)15-4-2-8-22-15/h2,4-6,8-9,13H,1,3,7,10H2/p+1/t13-/m1/s1. The van der Waals surface area contributed by atoms with Crippen molar-refractivity contribution in [3.63, 3.8) is 0 Å². The SMILES string of the molecule is O=c1oc2cc(Cl)ccc2n1C[NH+]1CCC[C@@H]1c1cccs1. The molecule has 0 radical (unpaired) electrons. The Morgan fingerprint density at radius 3 is 3.14 bits per heavy atom. The molecule has 1 aliphatic rings. The Morgan fingerprint density at radius 2 is 2.32 bits per heavy atom. The van der Waals surface area contributed by atoms with Gasteiger partial charge in [-0.25, -0.2) is 9.36 Å². The lowest BCUT2D eigenvalue weighted by molar-refractivity contribution is -0.940. The third-order valence-electron chi connectivity index (χ3n) is 4.36. The monoisotopic (exact) mass is 335 g/mol. The van der Waals surface area contributed by atoms with Gasteiger partial charge in [-0.05, 0) is 23.6 Å². The first kappa shape index (κ1) is 14.1. The highest BCUT2D eigenvalue weighted by Crippen LogP contribution is 2.24. The maximum absolute atomic E-state index is 12.2. The van der Waals surface area contributed by atoms with Crippen LogP contribution in [0.2, 0.25) is 5.02 Å². The number of nitrogens with zero attached hydrogens (tertiary/aromatic N) is 1. The molecule has 1 aliphatic heterocycles. The van der Waals surface area contributed by atoms with Crippen molar-refractivity contribution in [3.05, 3.63) is 56.2 Å². The predicted molar refractivity (Wildman–Crippen MR) is 87.6 cm³/mol. The summed E-state index contributed by atoms with van der Waals surface area (Å²) in [4.78, 5) is 15.0. The van der Waals surface area contributed by atoms with Crippen molar-refractivity contribution in [2.24, 2.45) is 0 Å². The summed E-state index contributed by atoms with van der Waals surface area (Å²) < 4.78 is 7.06. The molecule has 1 saturated heterocycles. The van der Waals surface area contributed by atoms with E-state index >= 15 is 0 Å². The zero-order valence-electron chi connectivity index (χ0n) is 11.9. The third kappa shape index (κ3) is 2.39. The molecule has 0 bridgehead atoms. The van der Waals surface area contributed by atoms with Crippen LogP contribution in [0.3, 0.4) is 0 Å². The molecule has 0 saturated carbocycles. The van der Waals surface area contributed by atoms with Gasteiger partial charge in [-0.2, -0.15) is 0 Å². The molecule has 22 heavy (non-hydrogen) atoms. The first-order valence-electron chi connectivity index (χ1n) is 7.39. The van der Waals surface area contributed by atoms with E-state index in [-0.39, 0.29) is 5.76 Å². The zero-order valence-corrected chi connectivity index (χ0v) is 13.5. The van der Waals surface area contributed by atoms with E-state index in [0.717, 1.165) is 12.1 Å². The minimum Gasteiger partial charge on any atom is -0.408 e. The molecule has 3 aromatic rings. The maximum Gasteiger partial charge on any atom is 0.424 e. The Morgan fingerprint density at radius 1 is 1.41 bits per heavy atom. The van der Waals surface area contributed by atoms with Gasteiger partial charge in [0.2, 0.25) is 0 Å². The zero-order chi connectivity index (χ0) is 15.1. The van der Waals surface area contributed by atoms with Crippen LogP contribution in [0.5, 0.6) is 0 Å². The molecule has 2 atom stereocenters. The van der Waals surface area contributed by atoms with Crippen molar-refractivity contribution in [2.75, 3.05) is 6.54 Å². The summed E-state index contributed by atoms with van der Waals surface area (Å²) >= 11 is 7.76. The second-order valence-corrected chi connectivity index (χ2v) is 7.10. The highest BCUT2D eigenvalue weighted by atomic mass is 35.5. The summed E-state index contributed by atoms with van der Waals surface area (Å²) in [6.45, 7) is 1.71.